The Morgan fingerprint density at radius 1 is 1.50 bits per heavy atom. The Hall–Kier alpha value is -0.740. The van der Waals surface area contributed by atoms with Crippen LogP contribution in [-0.4, -0.2) is 17.5 Å². The maximum absolute atomic E-state index is 13.1. The third kappa shape index (κ3) is 1.21. The Morgan fingerprint density at radius 3 is 2.50 bits per heavy atom. The van der Waals surface area contributed by atoms with E-state index < -0.39 is 11.3 Å². The van der Waals surface area contributed by atoms with Crippen LogP contribution in [0.3, 0.4) is 0 Å². The van der Waals surface area contributed by atoms with Gasteiger partial charge in [-0.15, -0.1) is 0 Å². The lowest BCUT2D eigenvalue weighted by atomic mass is 10.0. The Balaban J connectivity index is 2.36. The third-order valence-corrected chi connectivity index (χ3v) is 2.89. The summed E-state index contributed by atoms with van der Waals surface area (Å²) in [6, 6.07) is 3.06. The van der Waals surface area contributed by atoms with Gasteiger partial charge in [0, 0.05) is 19.2 Å². The lowest BCUT2D eigenvalue weighted by Gasteiger charge is -2.12. The molecule has 1 fully saturated rings. The number of alkyl halides is 2. The minimum atomic E-state index is -2.72. The van der Waals surface area contributed by atoms with Crippen LogP contribution in [-0.2, 0) is 5.41 Å². The van der Waals surface area contributed by atoms with Gasteiger partial charge in [-0.25, -0.2) is 8.78 Å². The summed E-state index contributed by atoms with van der Waals surface area (Å²) in [4.78, 5) is 3.89. The van der Waals surface area contributed by atoms with Crippen LogP contribution in [0.25, 0.3) is 0 Å². The first kappa shape index (κ1) is 9.80. The normalized spacial score (nSPS) is 28.9. The number of aromatic nitrogens is 1. The predicted molar refractivity (Wildman–Crippen MR) is 49.5 cm³/mol. The standard InChI is InChI=1S/C9H9ClF2N2/c10-6-1-2-7(14-3-6)8(5-13)4-9(8,11)12/h1-3H,4-5,13H2. The maximum Gasteiger partial charge on any atom is 0.261 e. The van der Waals surface area contributed by atoms with Gasteiger partial charge in [0.15, 0.2) is 0 Å². The van der Waals surface area contributed by atoms with E-state index in [-0.39, 0.29) is 13.0 Å². The van der Waals surface area contributed by atoms with Crippen LogP contribution >= 0.6 is 11.6 Å². The Labute approximate surface area is 85.1 Å². The van der Waals surface area contributed by atoms with Crippen LogP contribution in [0.1, 0.15) is 12.1 Å². The molecule has 1 aromatic rings. The van der Waals surface area contributed by atoms with Gasteiger partial charge in [-0.2, -0.15) is 0 Å². The van der Waals surface area contributed by atoms with Crippen LogP contribution in [0.5, 0.6) is 0 Å². The molecule has 76 valence electrons. The molecule has 1 saturated carbocycles. The van der Waals surface area contributed by atoms with Crippen molar-refractivity contribution in [3.8, 4) is 0 Å². The molecule has 0 aliphatic heterocycles. The lowest BCUT2D eigenvalue weighted by Crippen LogP contribution is -2.27. The predicted octanol–water partition coefficient (Wildman–Crippen LogP) is 1.97. The topological polar surface area (TPSA) is 38.9 Å². The fourth-order valence-corrected chi connectivity index (χ4v) is 1.71. The van der Waals surface area contributed by atoms with Gasteiger partial charge in [-0.1, -0.05) is 11.6 Å². The number of pyridine rings is 1. The van der Waals surface area contributed by atoms with Gasteiger partial charge in [0.1, 0.15) is 0 Å². The highest BCUT2D eigenvalue weighted by Gasteiger charge is 2.72. The van der Waals surface area contributed by atoms with Crippen LogP contribution in [0.2, 0.25) is 5.02 Å². The van der Waals surface area contributed by atoms with E-state index in [4.69, 9.17) is 17.3 Å². The van der Waals surface area contributed by atoms with Gasteiger partial charge in [-0.3, -0.25) is 4.98 Å². The first-order valence-electron chi connectivity index (χ1n) is 4.22. The molecule has 1 aromatic heterocycles. The molecule has 2 rings (SSSR count). The lowest BCUT2D eigenvalue weighted by molar-refractivity contribution is 0.0886. The Morgan fingerprint density at radius 2 is 2.14 bits per heavy atom. The van der Waals surface area contributed by atoms with Crippen molar-refractivity contribution < 1.29 is 8.78 Å². The molecule has 2 N–H and O–H groups in total. The van der Waals surface area contributed by atoms with E-state index in [2.05, 4.69) is 4.98 Å². The summed E-state index contributed by atoms with van der Waals surface area (Å²) in [5.74, 6) is -2.72. The third-order valence-electron chi connectivity index (χ3n) is 2.67. The average molecular weight is 219 g/mol. The fourth-order valence-electron chi connectivity index (χ4n) is 1.60. The van der Waals surface area contributed by atoms with Crippen LogP contribution < -0.4 is 5.73 Å². The number of hydrogen-bond acceptors (Lipinski definition) is 2. The van der Waals surface area contributed by atoms with E-state index in [0.717, 1.165) is 0 Å². The molecule has 5 heteroatoms. The van der Waals surface area contributed by atoms with Crippen molar-refractivity contribution in [2.45, 2.75) is 17.8 Å². The van der Waals surface area contributed by atoms with E-state index >= 15 is 0 Å². The highest BCUT2D eigenvalue weighted by atomic mass is 35.5. The molecular weight excluding hydrogens is 210 g/mol. The summed E-state index contributed by atoms with van der Waals surface area (Å²) >= 11 is 5.62. The zero-order chi connectivity index (χ0) is 10.4. The average Bonchev–Trinajstić information content (AvgIpc) is 2.71. The second-order valence-corrected chi connectivity index (χ2v) is 3.97. The number of nitrogens with two attached hydrogens (primary N) is 1. The molecule has 1 aliphatic rings. The quantitative estimate of drug-likeness (QED) is 0.824. The summed E-state index contributed by atoms with van der Waals surface area (Å²) in [5.41, 5.74) is 4.44. The molecule has 0 saturated heterocycles. The van der Waals surface area contributed by atoms with Gasteiger partial charge < -0.3 is 5.73 Å². The molecule has 2 nitrogen and oxygen atoms in total. The smallest absolute Gasteiger partial charge is 0.261 e. The van der Waals surface area contributed by atoms with Crippen LogP contribution in [0.15, 0.2) is 18.3 Å². The van der Waals surface area contributed by atoms with Crippen molar-refractivity contribution in [2.24, 2.45) is 5.73 Å². The van der Waals surface area contributed by atoms with Gasteiger partial charge in [0.05, 0.1) is 16.1 Å². The van der Waals surface area contributed by atoms with E-state index in [9.17, 15) is 8.78 Å². The van der Waals surface area contributed by atoms with E-state index in [1.807, 2.05) is 0 Å². The molecule has 1 atom stereocenters. The van der Waals surface area contributed by atoms with Crippen molar-refractivity contribution in [3.05, 3.63) is 29.0 Å². The van der Waals surface area contributed by atoms with Gasteiger partial charge in [0.2, 0.25) is 0 Å². The zero-order valence-electron chi connectivity index (χ0n) is 7.30. The largest absolute Gasteiger partial charge is 0.329 e. The molecule has 0 radical (unpaired) electrons. The second-order valence-electron chi connectivity index (χ2n) is 3.53. The molecule has 14 heavy (non-hydrogen) atoms. The Bertz CT molecular complexity index is 352. The first-order chi connectivity index (χ1) is 6.52. The summed E-state index contributed by atoms with van der Waals surface area (Å²) in [7, 11) is 0. The van der Waals surface area contributed by atoms with E-state index in [1.54, 1.807) is 6.07 Å². The molecule has 0 aromatic carbocycles. The van der Waals surface area contributed by atoms with Crippen molar-refractivity contribution in [2.75, 3.05) is 6.54 Å². The van der Waals surface area contributed by atoms with Gasteiger partial charge in [0.25, 0.3) is 5.92 Å². The number of nitrogens with zero attached hydrogens (tertiary/aromatic N) is 1. The Kier molecular flexibility index (Phi) is 2.01. The van der Waals surface area contributed by atoms with Gasteiger partial charge in [-0.05, 0) is 12.1 Å². The molecule has 1 unspecified atom stereocenters. The zero-order valence-corrected chi connectivity index (χ0v) is 8.06. The minimum Gasteiger partial charge on any atom is -0.329 e. The molecular formula is C9H9ClF2N2. The SMILES string of the molecule is NCC1(c2ccc(Cl)cn2)CC1(F)F. The summed E-state index contributed by atoms with van der Waals surface area (Å²) in [5, 5.41) is 0.435. The highest BCUT2D eigenvalue weighted by molar-refractivity contribution is 6.30. The molecule has 1 heterocycles. The van der Waals surface area contributed by atoms with Crippen molar-refractivity contribution >= 4 is 11.6 Å². The van der Waals surface area contributed by atoms with Crippen LogP contribution in [0, 0.1) is 0 Å². The number of hydrogen-bond donors (Lipinski definition) is 1. The molecule has 0 bridgehead atoms. The highest BCUT2D eigenvalue weighted by Crippen LogP contribution is 2.60. The van der Waals surface area contributed by atoms with Crippen molar-refractivity contribution in [3.63, 3.8) is 0 Å². The number of halogens is 3. The number of rotatable bonds is 2. The summed E-state index contributed by atoms with van der Waals surface area (Å²) in [6.45, 7) is -0.0887. The van der Waals surface area contributed by atoms with Crippen molar-refractivity contribution in [1.29, 1.82) is 0 Å². The molecule has 0 amide bonds. The van der Waals surface area contributed by atoms with Crippen LogP contribution in [0.4, 0.5) is 8.78 Å². The fraction of sp³-hybridized carbons (Fsp3) is 0.444. The van der Waals surface area contributed by atoms with E-state index in [0.29, 0.717) is 10.7 Å². The molecule has 1 aliphatic carbocycles. The maximum atomic E-state index is 13.1. The molecule has 0 spiro atoms. The first-order valence-corrected chi connectivity index (χ1v) is 4.59. The summed E-state index contributed by atoms with van der Waals surface area (Å²) < 4.78 is 26.2. The van der Waals surface area contributed by atoms with Crippen molar-refractivity contribution in [1.82, 2.24) is 4.98 Å². The van der Waals surface area contributed by atoms with E-state index in [1.165, 1.54) is 12.3 Å². The second kappa shape index (κ2) is 2.87. The minimum absolute atomic E-state index is 0.0887. The van der Waals surface area contributed by atoms with Gasteiger partial charge >= 0.3 is 0 Å². The summed E-state index contributed by atoms with van der Waals surface area (Å²) in [6.07, 6.45) is 1.15. The monoisotopic (exact) mass is 218 g/mol.